The van der Waals surface area contributed by atoms with Crippen molar-refractivity contribution in [3.8, 4) is 0 Å². The summed E-state index contributed by atoms with van der Waals surface area (Å²) in [5.41, 5.74) is 7.97. The first-order valence-corrected chi connectivity index (χ1v) is 3.21. The number of nitrogens with zero attached hydrogens (tertiary/aromatic N) is 3. The number of carbonyl (C=O) groups is 1. The lowest BCUT2D eigenvalue weighted by Gasteiger charge is -2.22. The SMILES string of the molecule is C[N+](C)(C)CNC(=O)C=[N+]=[N-]. The second-order valence-corrected chi connectivity index (χ2v) is 3.23. The molecule has 11 heavy (non-hydrogen) atoms. The average molecular weight is 157 g/mol. The van der Waals surface area contributed by atoms with Crippen LogP contribution in [0.5, 0.6) is 0 Å². The van der Waals surface area contributed by atoms with E-state index in [2.05, 4.69) is 10.1 Å². The first-order valence-electron chi connectivity index (χ1n) is 3.21. The second-order valence-electron chi connectivity index (χ2n) is 3.23. The number of rotatable bonds is 3. The highest BCUT2D eigenvalue weighted by Crippen LogP contribution is 1.83. The molecule has 0 aliphatic heterocycles. The predicted molar refractivity (Wildman–Crippen MR) is 40.7 cm³/mol. The molecule has 0 rings (SSSR count). The Morgan fingerprint density at radius 1 is 1.64 bits per heavy atom. The smallest absolute Gasteiger partial charge is 0.344 e. The highest BCUT2D eigenvalue weighted by molar-refractivity contribution is 6.23. The molecule has 1 N–H and O–H groups in total. The molecule has 0 saturated heterocycles. The molecule has 0 fully saturated rings. The third kappa shape index (κ3) is 6.70. The van der Waals surface area contributed by atoms with Crippen LogP contribution in [0, 0.1) is 0 Å². The summed E-state index contributed by atoms with van der Waals surface area (Å²) in [6.07, 6.45) is 0.829. The average Bonchev–Trinajstić information content (AvgIpc) is 1.83. The van der Waals surface area contributed by atoms with E-state index in [-0.39, 0.29) is 5.91 Å². The molecule has 0 saturated carbocycles. The van der Waals surface area contributed by atoms with E-state index in [0.29, 0.717) is 11.2 Å². The van der Waals surface area contributed by atoms with Gasteiger partial charge < -0.3 is 10.0 Å². The molecule has 0 unspecified atom stereocenters. The minimum Gasteiger partial charge on any atom is -0.361 e. The van der Waals surface area contributed by atoms with Crippen LogP contribution in [0.4, 0.5) is 0 Å². The molecule has 0 heterocycles. The number of nitrogens with one attached hydrogen (secondary N) is 1. The van der Waals surface area contributed by atoms with Gasteiger partial charge in [0.25, 0.3) is 0 Å². The zero-order chi connectivity index (χ0) is 8.91. The Kier molecular flexibility index (Phi) is 3.44. The van der Waals surface area contributed by atoms with Crippen LogP contribution in [0.2, 0.25) is 0 Å². The van der Waals surface area contributed by atoms with Crippen molar-refractivity contribution in [1.29, 1.82) is 0 Å². The van der Waals surface area contributed by atoms with Crippen molar-refractivity contribution in [2.75, 3.05) is 27.8 Å². The highest BCUT2D eigenvalue weighted by atomic mass is 16.1. The fourth-order valence-electron chi connectivity index (χ4n) is 0.413. The summed E-state index contributed by atoms with van der Waals surface area (Å²) in [5.74, 6) is -0.388. The van der Waals surface area contributed by atoms with Gasteiger partial charge in [0.15, 0.2) is 6.67 Å². The van der Waals surface area contributed by atoms with Crippen LogP contribution < -0.4 is 5.32 Å². The van der Waals surface area contributed by atoms with Gasteiger partial charge in [-0.3, -0.25) is 10.1 Å². The molecular formula is C6H13N4O+. The van der Waals surface area contributed by atoms with Crippen LogP contribution in [-0.4, -0.2) is 49.2 Å². The molecule has 0 spiro atoms. The van der Waals surface area contributed by atoms with Crippen LogP contribution >= 0.6 is 0 Å². The quantitative estimate of drug-likeness (QED) is 0.186. The summed E-state index contributed by atoms with van der Waals surface area (Å²) >= 11 is 0. The van der Waals surface area contributed by atoms with Gasteiger partial charge >= 0.3 is 12.1 Å². The van der Waals surface area contributed by atoms with Crippen LogP contribution in [0.15, 0.2) is 0 Å². The maximum Gasteiger partial charge on any atom is 0.344 e. The largest absolute Gasteiger partial charge is 0.361 e. The van der Waals surface area contributed by atoms with E-state index in [1.54, 1.807) is 0 Å². The van der Waals surface area contributed by atoms with E-state index < -0.39 is 0 Å². The Morgan fingerprint density at radius 3 is 2.55 bits per heavy atom. The molecule has 0 radical (unpaired) electrons. The normalized spacial score (nSPS) is 10.1. The van der Waals surface area contributed by atoms with Gasteiger partial charge in [-0.1, -0.05) is 0 Å². The Labute approximate surface area is 65.8 Å². The maximum atomic E-state index is 10.7. The molecule has 0 bridgehead atoms. The van der Waals surface area contributed by atoms with Crippen LogP contribution in [-0.2, 0) is 4.79 Å². The van der Waals surface area contributed by atoms with Gasteiger partial charge in [0, 0.05) is 0 Å². The number of carbonyl (C=O) groups excluding carboxylic acids is 1. The molecule has 0 aromatic carbocycles. The fourth-order valence-corrected chi connectivity index (χ4v) is 0.413. The molecule has 5 heteroatoms. The summed E-state index contributed by atoms with van der Waals surface area (Å²) in [7, 11) is 5.82. The zero-order valence-electron chi connectivity index (χ0n) is 7.03. The second kappa shape index (κ2) is 3.85. The van der Waals surface area contributed by atoms with Gasteiger partial charge in [-0.15, -0.1) is 0 Å². The summed E-state index contributed by atoms with van der Waals surface area (Å²) in [6, 6.07) is 0. The fraction of sp³-hybridized carbons (Fsp3) is 0.667. The van der Waals surface area contributed by atoms with E-state index in [1.165, 1.54) is 0 Å². The lowest BCUT2D eigenvalue weighted by atomic mass is 10.6. The minimum atomic E-state index is -0.388. The molecule has 5 nitrogen and oxygen atoms in total. The maximum absolute atomic E-state index is 10.7. The van der Waals surface area contributed by atoms with Crippen molar-refractivity contribution in [3.63, 3.8) is 0 Å². The van der Waals surface area contributed by atoms with Gasteiger partial charge in [0.05, 0.1) is 21.1 Å². The summed E-state index contributed by atoms with van der Waals surface area (Å²) < 4.78 is 0.630. The molecular weight excluding hydrogens is 144 g/mol. The molecule has 62 valence electrons. The standard InChI is InChI=1S/C6H12N4O/c1-10(2,3)5-8-6(11)4-9-7/h4H,5H2,1-3H3/p+1. The third-order valence-electron chi connectivity index (χ3n) is 0.903. The molecule has 0 aromatic rings. The lowest BCUT2D eigenvalue weighted by Crippen LogP contribution is -2.45. The van der Waals surface area contributed by atoms with Crippen LogP contribution in [0.1, 0.15) is 0 Å². The van der Waals surface area contributed by atoms with Crippen LogP contribution in [0.25, 0.3) is 5.53 Å². The molecule has 0 aromatic heterocycles. The van der Waals surface area contributed by atoms with Crippen molar-refractivity contribution in [3.05, 3.63) is 5.53 Å². The van der Waals surface area contributed by atoms with E-state index in [4.69, 9.17) is 5.53 Å². The Balaban J connectivity index is 3.72. The monoisotopic (exact) mass is 157 g/mol. The zero-order valence-corrected chi connectivity index (χ0v) is 7.03. The third-order valence-corrected chi connectivity index (χ3v) is 0.903. The van der Waals surface area contributed by atoms with Gasteiger partial charge in [-0.05, 0) is 0 Å². The summed E-state index contributed by atoms with van der Waals surface area (Å²) in [4.78, 5) is 13.3. The topological polar surface area (TPSA) is 65.5 Å². The Morgan fingerprint density at radius 2 is 2.18 bits per heavy atom. The van der Waals surface area contributed by atoms with Gasteiger partial charge in [-0.2, -0.15) is 4.79 Å². The van der Waals surface area contributed by atoms with Crippen molar-refractivity contribution in [2.45, 2.75) is 0 Å². The van der Waals surface area contributed by atoms with Crippen molar-refractivity contribution >= 4 is 12.1 Å². The minimum absolute atomic E-state index is 0.388. The van der Waals surface area contributed by atoms with E-state index in [1.807, 2.05) is 21.1 Å². The van der Waals surface area contributed by atoms with Gasteiger partial charge in [0.1, 0.15) is 0 Å². The summed E-state index contributed by atoms with van der Waals surface area (Å²) in [5, 5.41) is 2.55. The van der Waals surface area contributed by atoms with Crippen molar-refractivity contribution < 1.29 is 14.1 Å². The molecule has 1 amide bonds. The molecule has 0 aliphatic rings. The van der Waals surface area contributed by atoms with Crippen molar-refractivity contribution in [1.82, 2.24) is 5.32 Å². The number of quaternary nitrogens is 1. The van der Waals surface area contributed by atoms with Crippen molar-refractivity contribution in [2.24, 2.45) is 0 Å². The number of hydrogen-bond acceptors (Lipinski definition) is 1. The first-order chi connectivity index (χ1) is 4.95. The lowest BCUT2D eigenvalue weighted by molar-refractivity contribution is -0.872. The summed E-state index contributed by atoms with van der Waals surface area (Å²) in [6.45, 7) is 0.505. The number of hydrogen-bond donors (Lipinski definition) is 1. The van der Waals surface area contributed by atoms with E-state index >= 15 is 0 Å². The van der Waals surface area contributed by atoms with Crippen LogP contribution in [0.3, 0.4) is 0 Å². The van der Waals surface area contributed by atoms with E-state index in [0.717, 1.165) is 6.21 Å². The van der Waals surface area contributed by atoms with Gasteiger partial charge in [-0.25, -0.2) is 0 Å². The predicted octanol–water partition coefficient (Wildman–Crippen LogP) is -0.933. The number of amides is 1. The Hall–Kier alpha value is -1.19. The van der Waals surface area contributed by atoms with Gasteiger partial charge in [0.2, 0.25) is 0 Å². The first kappa shape index (κ1) is 9.81. The molecule has 0 atom stereocenters. The Bertz CT molecular complexity index is 187. The van der Waals surface area contributed by atoms with E-state index in [9.17, 15) is 4.79 Å². The molecule has 0 aliphatic carbocycles. The highest BCUT2D eigenvalue weighted by Gasteiger charge is 2.09.